The van der Waals surface area contributed by atoms with Crippen molar-refractivity contribution in [1.82, 2.24) is 9.55 Å². The fourth-order valence-corrected chi connectivity index (χ4v) is 2.33. The fraction of sp³-hybridized carbons (Fsp3) is 0. The van der Waals surface area contributed by atoms with E-state index in [0.717, 1.165) is 21.6 Å². The first-order valence-electron chi connectivity index (χ1n) is 5.24. The normalized spacial score (nSPS) is 11.1. The standard InChI is InChI=1S/C13H7BrF2N2/c14-9-2-1-3-12-13(9)17-7-18(12)11-5-4-8(15)6-10(11)16/h1-7H. The molecule has 0 N–H and O–H groups in total. The zero-order chi connectivity index (χ0) is 12.7. The Morgan fingerprint density at radius 1 is 1.11 bits per heavy atom. The van der Waals surface area contributed by atoms with E-state index in [9.17, 15) is 8.78 Å². The van der Waals surface area contributed by atoms with E-state index in [0.29, 0.717) is 0 Å². The predicted molar refractivity (Wildman–Crippen MR) is 68.7 cm³/mol. The summed E-state index contributed by atoms with van der Waals surface area (Å²) < 4.78 is 29.1. The van der Waals surface area contributed by atoms with E-state index in [1.165, 1.54) is 18.5 Å². The Morgan fingerprint density at radius 2 is 1.94 bits per heavy atom. The molecule has 18 heavy (non-hydrogen) atoms. The lowest BCUT2D eigenvalue weighted by Crippen LogP contribution is -1.96. The largest absolute Gasteiger partial charge is 0.296 e. The molecule has 1 aromatic heterocycles. The zero-order valence-electron chi connectivity index (χ0n) is 9.07. The van der Waals surface area contributed by atoms with Crippen LogP contribution < -0.4 is 0 Å². The quantitative estimate of drug-likeness (QED) is 0.662. The van der Waals surface area contributed by atoms with Gasteiger partial charge in [-0.3, -0.25) is 4.57 Å². The van der Waals surface area contributed by atoms with Gasteiger partial charge in [0.25, 0.3) is 0 Å². The number of rotatable bonds is 1. The van der Waals surface area contributed by atoms with E-state index in [-0.39, 0.29) is 5.69 Å². The predicted octanol–water partition coefficient (Wildman–Crippen LogP) is 4.07. The Morgan fingerprint density at radius 3 is 2.72 bits per heavy atom. The lowest BCUT2D eigenvalue weighted by atomic mass is 10.2. The molecule has 0 aliphatic carbocycles. The molecule has 1 heterocycles. The second-order valence-corrected chi connectivity index (χ2v) is 4.67. The summed E-state index contributed by atoms with van der Waals surface area (Å²) in [5.74, 6) is -1.21. The van der Waals surface area contributed by atoms with Gasteiger partial charge in [0.15, 0.2) is 0 Å². The number of halogens is 3. The van der Waals surface area contributed by atoms with Crippen LogP contribution in [0.15, 0.2) is 47.2 Å². The van der Waals surface area contributed by atoms with Gasteiger partial charge in [0.2, 0.25) is 0 Å². The maximum atomic E-state index is 13.7. The number of aromatic nitrogens is 2. The minimum atomic E-state index is -0.616. The van der Waals surface area contributed by atoms with Crippen molar-refractivity contribution in [2.45, 2.75) is 0 Å². The molecule has 3 rings (SSSR count). The number of nitrogens with zero attached hydrogens (tertiary/aromatic N) is 2. The molecule has 0 fully saturated rings. The Balaban J connectivity index is 2.29. The first-order valence-corrected chi connectivity index (χ1v) is 6.03. The van der Waals surface area contributed by atoms with Crippen LogP contribution in [0.25, 0.3) is 16.7 Å². The highest BCUT2D eigenvalue weighted by Crippen LogP contribution is 2.25. The lowest BCUT2D eigenvalue weighted by molar-refractivity contribution is 0.578. The van der Waals surface area contributed by atoms with Gasteiger partial charge in [0.05, 0.1) is 11.2 Å². The van der Waals surface area contributed by atoms with E-state index in [1.54, 1.807) is 4.57 Å². The van der Waals surface area contributed by atoms with Crippen molar-refractivity contribution < 1.29 is 8.78 Å². The molecule has 5 heteroatoms. The van der Waals surface area contributed by atoms with Crippen molar-refractivity contribution in [1.29, 1.82) is 0 Å². The molecule has 0 saturated carbocycles. The van der Waals surface area contributed by atoms with Gasteiger partial charge in [-0.25, -0.2) is 13.8 Å². The van der Waals surface area contributed by atoms with E-state index < -0.39 is 11.6 Å². The average molecular weight is 309 g/mol. The first-order chi connectivity index (χ1) is 8.66. The summed E-state index contributed by atoms with van der Waals surface area (Å²) in [4.78, 5) is 4.21. The van der Waals surface area contributed by atoms with Crippen molar-refractivity contribution in [3.05, 3.63) is 58.8 Å². The summed E-state index contributed by atoms with van der Waals surface area (Å²) in [7, 11) is 0. The van der Waals surface area contributed by atoms with Crippen LogP contribution in [0.3, 0.4) is 0 Å². The third-order valence-corrected chi connectivity index (χ3v) is 3.34. The lowest BCUT2D eigenvalue weighted by Gasteiger charge is -2.05. The molecule has 0 amide bonds. The molecule has 2 nitrogen and oxygen atoms in total. The third kappa shape index (κ3) is 1.71. The fourth-order valence-electron chi connectivity index (χ4n) is 1.87. The number of fused-ring (bicyclic) bond motifs is 1. The molecule has 0 radical (unpaired) electrons. The summed E-state index contributed by atoms with van der Waals surface area (Å²) in [6, 6.07) is 9.01. The third-order valence-electron chi connectivity index (χ3n) is 2.70. The number of benzene rings is 2. The van der Waals surface area contributed by atoms with Crippen LogP contribution in [0.5, 0.6) is 0 Å². The Bertz CT molecular complexity index is 737. The number of imidazole rings is 1. The molecule has 2 aromatic carbocycles. The van der Waals surface area contributed by atoms with Gasteiger partial charge in [-0.15, -0.1) is 0 Å². The maximum Gasteiger partial charge on any atom is 0.150 e. The van der Waals surface area contributed by atoms with Gasteiger partial charge >= 0.3 is 0 Å². The molecule has 0 saturated heterocycles. The molecule has 0 bridgehead atoms. The van der Waals surface area contributed by atoms with Crippen molar-refractivity contribution >= 4 is 27.0 Å². The highest BCUT2D eigenvalue weighted by Gasteiger charge is 2.11. The van der Waals surface area contributed by atoms with Crippen molar-refractivity contribution in [2.75, 3.05) is 0 Å². The molecule has 90 valence electrons. The number of para-hydroxylation sites is 1. The highest BCUT2D eigenvalue weighted by molar-refractivity contribution is 9.10. The minimum absolute atomic E-state index is 0.275. The zero-order valence-corrected chi connectivity index (χ0v) is 10.7. The monoisotopic (exact) mass is 308 g/mol. The van der Waals surface area contributed by atoms with Gasteiger partial charge in [0.1, 0.15) is 23.5 Å². The van der Waals surface area contributed by atoms with Crippen LogP contribution in [-0.4, -0.2) is 9.55 Å². The van der Waals surface area contributed by atoms with Crippen molar-refractivity contribution in [3.63, 3.8) is 0 Å². The average Bonchev–Trinajstić information content (AvgIpc) is 2.74. The minimum Gasteiger partial charge on any atom is -0.296 e. The highest BCUT2D eigenvalue weighted by atomic mass is 79.9. The SMILES string of the molecule is Fc1ccc(-n2cnc3c(Br)cccc32)c(F)c1. The van der Waals surface area contributed by atoms with Crippen molar-refractivity contribution in [3.8, 4) is 5.69 Å². The summed E-state index contributed by atoms with van der Waals surface area (Å²) >= 11 is 3.38. The summed E-state index contributed by atoms with van der Waals surface area (Å²) in [5, 5.41) is 0. The van der Waals surface area contributed by atoms with Gasteiger partial charge in [-0.2, -0.15) is 0 Å². The molecule has 0 atom stereocenters. The Hall–Kier alpha value is -1.75. The van der Waals surface area contributed by atoms with Crippen LogP contribution >= 0.6 is 15.9 Å². The summed E-state index contributed by atoms with van der Waals surface area (Å²) in [5.41, 5.74) is 1.77. The molecule has 3 aromatic rings. The van der Waals surface area contributed by atoms with Gasteiger partial charge in [0, 0.05) is 10.5 Å². The Labute approximate surface area is 110 Å². The molecular weight excluding hydrogens is 302 g/mol. The van der Waals surface area contributed by atoms with Crippen LogP contribution in [-0.2, 0) is 0 Å². The van der Waals surface area contributed by atoms with E-state index >= 15 is 0 Å². The van der Waals surface area contributed by atoms with Crippen LogP contribution in [0.4, 0.5) is 8.78 Å². The maximum absolute atomic E-state index is 13.7. The second kappa shape index (κ2) is 4.17. The van der Waals surface area contributed by atoms with E-state index in [4.69, 9.17) is 0 Å². The number of hydrogen-bond donors (Lipinski definition) is 0. The van der Waals surface area contributed by atoms with Crippen LogP contribution in [0.2, 0.25) is 0 Å². The molecule has 0 unspecified atom stereocenters. The van der Waals surface area contributed by atoms with E-state index in [1.807, 2.05) is 18.2 Å². The van der Waals surface area contributed by atoms with Crippen molar-refractivity contribution in [2.24, 2.45) is 0 Å². The second-order valence-electron chi connectivity index (χ2n) is 3.82. The smallest absolute Gasteiger partial charge is 0.150 e. The molecule has 0 aliphatic rings. The number of hydrogen-bond acceptors (Lipinski definition) is 1. The first kappa shape index (κ1) is 11.3. The van der Waals surface area contributed by atoms with Gasteiger partial charge < -0.3 is 0 Å². The Kier molecular flexibility index (Phi) is 2.63. The summed E-state index contributed by atoms with van der Waals surface area (Å²) in [6.07, 6.45) is 1.52. The van der Waals surface area contributed by atoms with Crippen LogP contribution in [0, 0.1) is 11.6 Å². The van der Waals surface area contributed by atoms with E-state index in [2.05, 4.69) is 20.9 Å². The van der Waals surface area contributed by atoms with Gasteiger partial charge in [-0.05, 0) is 40.2 Å². The van der Waals surface area contributed by atoms with Gasteiger partial charge in [-0.1, -0.05) is 6.07 Å². The molecule has 0 aliphatic heterocycles. The molecular formula is C13H7BrF2N2. The topological polar surface area (TPSA) is 17.8 Å². The molecule has 0 spiro atoms. The van der Waals surface area contributed by atoms with Crippen LogP contribution in [0.1, 0.15) is 0 Å². The summed E-state index contributed by atoms with van der Waals surface area (Å²) in [6.45, 7) is 0.